The predicted octanol–water partition coefficient (Wildman–Crippen LogP) is 2.44. The van der Waals surface area contributed by atoms with Crippen molar-refractivity contribution < 1.29 is 4.39 Å². The maximum atomic E-state index is 13.1. The number of hydrogen-bond donors (Lipinski definition) is 1. The minimum absolute atomic E-state index is 0.321. The first-order valence-electron chi connectivity index (χ1n) is 6.22. The largest absolute Gasteiger partial charge is 0.321 e. The fourth-order valence-corrected chi connectivity index (χ4v) is 1.69. The Labute approximate surface area is 119 Å². The second-order valence-electron chi connectivity index (χ2n) is 4.18. The second kappa shape index (κ2) is 5.91. The quantitative estimate of drug-likeness (QED) is 0.746. The van der Waals surface area contributed by atoms with Gasteiger partial charge in [-0.15, -0.1) is 0 Å². The molecule has 0 radical (unpaired) electrons. The van der Waals surface area contributed by atoms with Gasteiger partial charge in [0.1, 0.15) is 5.82 Å². The van der Waals surface area contributed by atoms with Gasteiger partial charge in [-0.25, -0.2) is 4.39 Å². The van der Waals surface area contributed by atoms with E-state index < -0.39 is 0 Å². The van der Waals surface area contributed by atoms with E-state index >= 15 is 0 Å². The van der Waals surface area contributed by atoms with Crippen molar-refractivity contribution in [3.05, 3.63) is 66.0 Å². The molecule has 1 aromatic heterocycles. The normalized spacial score (nSPS) is 10.9. The molecule has 2 aromatic carbocycles. The number of aromatic nitrogens is 4. The average Bonchev–Trinajstić information content (AvgIpc) is 2.93. The van der Waals surface area contributed by atoms with Crippen LogP contribution in [0.4, 0.5) is 16.0 Å². The Morgan fingerprint density at radius 3 is 2.76 bits per heavy atom. The molecule has 1 N–H and O–H groups in total. The summed E-state index contributed by atoms with van der Waals surface area (Å²) in [6, 6.07) is 15.6. The molecule has 3 rings (SSSR count). The lowest BCUT2D eigenvalue weighted by atomic mass is 10.2. The molecule has 0 amide bonds. The van der Waals surface area contributed by atoms with Crippen LogP contribution >= 0.6 is 0 Å². The number of para-hydroxylation sites is 1. The number of rotatable bonds is 4. The maximum Gasteiger partial charge on any atom is 0.269 e. The maximum absolute atomic E-state index is 13.1. The highest BCUT2D eigenvalue weighted by molar-refractivity contribution is 5.79. The molecule has 0 unspecified atom stereocenters. The highest BCUT2D eigenvalue weighted by atomic mass is 19.1. The number of anilines is 2. The minimum Gasteiger partial charge on any atom is -0.321 e. The SMILES string of the molecule is Fc1cccc(/C=N\n2nnnc2Nc2ccccc2)c1. The van der Waals surface area contributed by atoms with Gasteiger partial charge in [-0.05, 0) is 40.3 Å². The first-order valence-corrected chi connectivity index (χ1v) is 6.22. The van der Waals surface area contributed by atoms with Gasteiger partial charge in [0.15, 0.2) is 0 Å². The summed E-state index contributed by atoms with van der Waals surface area (Å²) >= 11 is 0. The molecule has 0 fully saturated rings. The van der Waals surface area contributed by atoms with Crippen molar-refractivity contribution in [1.29, 1.82) is 0 Å². The van der Waals surface area contributed by atoms with E-state index in [1.165, 1.54) is 23.1 Å². The van der Waals surface area contributed by atoms with Crippen molar-refractivity contribution in [2.75, 3.05) is 5.32 Å². The van der Waals surface area contributed by atoms with E-state index in [1.807, 2.05) is 30.3 Å². The van der Waals surface area contributed by atoms with Crippen molar-refractivity contribution >= 4 is 17.9 Å². The number of nitrogens with zero attached hydrogens (tertiary/aromatic N) is 5. The molecule has 0 aliphatic rings. The summed E-state index contributed by atoms with van der Waals surface area (Å²) in [7, 11) is 0. The van der Waals surface area contributed by atoms with Gasteiger partial charge >= 0.3 is 0 Å². The van der Waals surface area contributed by atoms with Crippen LogP contribution in [-0.2, 0) is 0 Å². The Hall–Kier alpha value is -3.09. The summed E-state index contributed by atoms with van der Waals surface area (Å²) in [5.74, 6) is 0.0483. The van der Waals surface area contributed by atoms with Crippen molar-refractivity contribution in [3.8, 4) is 0 Å². The van der Waals surface area contributed by atoms with Crippen LogP contribution in [0.15, 0.2) is 59.7 Å². The van der Waals surface area contributed by atoms with E-state index in [9.17, 15) is 4.39 Å². The molecule has 0 atom stereocenters. The molecule has 6 nitrogen and oxygen atoms in total. The summed E-state index contributed by atoms with van der Waals surface area (Å²) in [5.41, 5.74) is 1.46. The van der Waals surface area contributed by atoms with Crippen molar-refractivity contribution in [1.82, 2.24) is 20.3 Å². The molecule has 0 bridgehead atoms. The number of tetrazole rings is 1. The monoisotopic (exact) mass is 282 g/mol. The Kier molecular flexibility index (Phi) is 3.64. The van der Waals surface area contributed by atoms with Crippen LogP contribution in [0, 0.1) is 5.82 Å². The Bertz CT molecular complexity index is 753. The van der Waals surface area contributed by atoms with Crippen LogP contribution in [0.1, 0.15) is 5.56 Å². The molecule has 104 valence electrons. The third-order valence-corrected chi connectivity index (χ3v) is 2.65. The van der Waals surface area contributed by atoms with Gasteiger partial charge in [0.25, 0.3) is 5.95 Å². The van der Waals surface area contributed by atoms with Crippen molar-refractivity contribution in [2.24, 2.45) is 5.10 Å². The fourth-order valence-electron chi connectivity index (χ4n) is 1.69. The van der Waals surface area contributed by atoms with Crippen molar-refractivity contribution in [2.45, 2.75) is 0 Å². The Morgan fingerprint density at radius 1 is 1.10 bits per heavy atom. The lowest BCUT2D eigenvalue weighted by Gasteiger charge is -2.02. The van der Waals surface area contributed by atoms with E-state index in [2.05, 4.69) is 25.9 Å². The zero-order valence-corrected chi connectivity index (χ0v) is 10.9. The van der Waals surface area contributed by atoms with Crippen LogP contribution in [0.2, 0.25) is 0 Å². The lowest BCUT2D eigenvalue weighted by molar-refractivity contribution is 0.627. The zero-order valence-electron chi connectivity index (χ0n) is 10.9. The Morgan fingerprint density at radius 2 is 1.95 bits per heavy atom. The van der Waals surface area contributed by atoms with Crippen LogP contribution in [0.5, 0.6) is 0 Å². The van der Waals surface area contributed by atoms with Gasteiger partial charge < -0.3 is 5.32 Å². The van der Waals surface area contributed by atoms with E-state index in [4.69, 9.17) is 0 Å². The lowest BCUT2D eigenvalue weighted by Crippen LogP contribution is -2.01. The number of nitrogens with one attached hydrogen (secondary N) is 1. The first kappa shape index (κ1) is 12.9. The zero-order chi connectivity index (χ0) is 14.5. The summed E-state index contributed by atoms with van der Waals surface area (Å²) in [6.45, 7) is 0. The van der Waals surface area contributed by atoms with Crippen LogP contribution in [0.25, 0.3) is 0 Å². The first-order chi connectivity index (χ1) is 10.3. The van der Waals surface area contributed by atoms with E-state index in [0.29, 0.717) is 11.5 Å². The van der Waals surface area contributed by atoms with Gasteiger partial charge in [0.2, 0.25) is 0 Å². The third-order valence-electron chi connectivity index (χ3n) is 2.65. The predicted molar refractivity (Wildman–Crippen MR) is 76.9 cm³/mol. The summed E-state index contributed by atoms with van der Waals surface area (Å²) in [6.07, 6.45) is 1.48. The molecule has 21 heavy (non-hydrogen) atoms. The number of hydrogen-bond acceptors (Lipinski definition) is 5. The standard InChI is InChI=1S/C14H11FN6/c15-12-6-4-5-11(9-12)10-16-21-14(18-19-20-21)17-13-7-2-1-3-8-13/h1-10H,(H,17,18,20)/b16-10-. The fraction of sp³-hybridized carbons (Fsp3) is 0. The van der Waals surface area contributed by atoms with Crippen LogP contribution in [0.3, 0.4) is 0 Å². The van der Waals surface area contributed by atoms with Gasteiger partial charge in [0.05, 0.1) is 6.21 Å². The minimum atomic E-state index is -0.321. The Balaban J connectivity index is 1.79. The molecule has 0 aliphatic heterocycles. The molecule has 3 aromatic rings. The molecule has 7 heteroatoms. The molecule has 0 saturated carbocycles. The topological polar surface area (TPSA) is 68.0 Å². The van der Waals surface area contributed by atoms with Gasteiger partial charge in [-0.3, -0.25) is 0 Å². The van der Waals surface area contributed by atoms with Gasteiger partial charge in [-0.2, -0.15) is 5.10 Å². The molecule has 1 heterocycles. The number of benzene rings is 2. The average molecular weight is 282 g/mol. The molecule has 0 saturated heterocycles. The molecule has 0 spiro atoms. The van der Waals surface area contributed by atoms with Crippen LogP contribution in [-0.4, -0.2) is 26.5 Å². The molecular weight excluding hydrogens is 271 g/mol. The third kappa shape index (κ3) is 3.27. The highest BCUT2D eigenvalue weighted by Crippen LogP contribution is 2.12. The van der Waals surface area contributed by atoms with Crippen LogP contribution < -0.4 is 5.32 Å². The van der Waals surface area contributed by atoms with Gasteiger partial charge in [0, 0.05) is 5.69 Å². The van der Waals surface area contributed by atoms with E-state index in [0.717, 1.165) is 5.69 Å². The van der Waals surface area contributed by atoms with E-state index in [1.54, 1.807) is 12.1 Å². The molecule has 0 aliphatic carbocycles. The van der Waals surface area contributed by atoms with Gasteiger partial charge in [-0.1, -0.05) is 40.2 Å². The summed E-state index contributed by atoms with van der Waals surface area (Å²) < 4.78 is 13.1. The smallest absolute Gasteiger partial charge is 0.269 e. The highest BCUT2D eigenvalue weighted by Gasteiger charge is 2.04. The molecular formula is C14H11FN6. The summed E-state index contributed by atoms with van der Waals surface area (Å²) in [4.78, 5) is 1.23. The van der Waals surface area contributed by atoms with Crippen molar-refractivity contribution in [3.63, 3.8) is 0 Å². The second-order valence-corrected chi connectivity index (χ2v) is 4.18. The number of halogens is 1. The van der Waals surface area contributed by atoms with E-state index in [-0.39, 0.29) is 5.82 Å². The summed E-state index contributed by atoms with van der Waals surface area (Å²) in [5, 5.41) is 18.3.